The molecule has 1 amide bonds. The number of esters is 1. The molecule has 92 valence electrons. The summed E-state index contributed by atoms with van der Waals surface area (Å²) in [4.78, 5) is 24.0. The van der Waals surface area contributed by atoms with Gasteiger partial charge < -0.3 is 14.4 Å². The summed E-state index contributed by atoms with van der Waals surface area (Å²) in [6.45, 7) is 7.84. The first-order valence-corrected chi connectivity index (χ1v) is 5.43. The molecule has 0 aromatic heterocycles. The molecule has 0 spiro atoms. The number of hydrogen-bond donors (Lipinski definition) is 0. The number of carbonyl (C=O) groups is 2. The Hall–Kier alpha value is -1.26. The molecule has 0 saturated carbocycles. The standard InChI is InChI=1S/C11H19NO4/c1-8(13)15-9-5-6-12(7-9)10(14)16-11(2,3)4/h9H,5-7H2,1-4H3. The van der Waals surface area contributed by atoms with E-state index in [4.69, 9.17) is 9.47 Å². The lowest BCUT2D eigenvalue weighted by Gasteiger charge is -2.24. The quantitative estimate of drug-likeness (QED) is 0.640. The minimum absolute atomic E-state index is 0.190. The molecule has 1 unspecified atom stereocenters. The first-order valence-electron chi connectivity index (χ1n) is 5.43. The molecule has 1 rings (SSSR count). The van der Waals surface area contributed by atoms with Crippen molar-refractivity contribution in [3.05, 3.63) is 0 Å². The van der Waals surface area contributed by atoms with Gasteiger partial charge in [0, 0.05) is 19.9 Å². The first-order chi connectivity index (χ1) is 7.28. The van der Waals surface area contributed by atoms with Crippen LogP contribution in [0.4, 0.5) is 4.79 Å². The van der Waals surface area contributed by atoms with Crippen molar-refractivity contribution in [2.75, 3.05) is 13.1 Å². The Kier molecular flexibility index (Phi) is 3.78. The van der Waals surface area contributed by atoms with E-state index in [1.54, 1.807) is 4.90 Å². The lowest BCUT2D eigenvalue weighted by molar-refractivity contribution is -0.145. The van der Waals surface area contributed by atoms with Crippen molar-refractivity contribution in [2.45, 2.75) is 45.8 Å². The Morgan fingerprint density at radius 1 is 1.31 bits per heavy atom. The van der Waals surface area contributed by atoms with Gasteiger partial charge in [-0.15, -0.1) is 0 Å². The molecule has 0 N–H and O–H groups in total. The summed E-state index contributed by atoms with van der Waals surface area (Å²) >= 11 is 0. The van der Waals surface area contributed by atoms with Gasteiger partial charge in [-0.1, -0.05) is 0 Å². The van der Waals surface area contributed by atoms with E-state index in [-0.39, 0.29) is 18.2 Å². The van der Waals surface area contributed by atoms with Crippen LogP contribution in [-0.4, -0.2) is 41.8 Å². The Morgan fingerprint density at radius 2 is 1.94 bits per heavy atom. The number of ether oxygens (including phenoxy) is 2. The molecule has 1 fully saturated rings. The highest BCUT2D eigenvalue weighted by Gasteiger charge is 2.31. The summed E-state index contributed by atoms with van der Waals surface area (Å²) in [5.74, 6) is -0.309. The SMILES string of the molecule is CC(=O)OC1CCN(C(=O)OC(C)(C)C)C1. The molecule has 5 heteroatoms. The van der Waals surface area contributed by atoms with E-state index in [1.165, 1.54) is 6.92 Å². The molecule has 0 aromatic rings. The van der Waals surface area contributed by atoms with Gasteiger partial charge in [-0.25, -0.2) is 4.79 Å². The third kappa shape index (κ3) is 4.08. The molecule has 1 heterocycles. The molecule has 1 atom stereocenters. The van der Waals surface area contributed by atoms with E-state index in [0.29, 0.717) is 19.5 Å². The Bertz CT molecular complexity index is 282. The fraction of sp³-hybridized carbons (Fsp3) is 0.818. The van der Waals surface area contributed by atoms with Gasteiger partial charge in [-0.2, -0.15) is 0 Å². The van der Waals surface area contributed by atoms with Crippen molar-refractivity contribution in [1.29, 1.82) is 0 Å². The van der Waals surface area contributed by atoms with Gasteiger partial charge in [-0.3, -0.25) is 4.79 Å². The average Bonchev–Trinajstić information content (AvgIpc) is 2.48. The summed E-state index contributed by atoms with van der Waals surface area (Å²) in [5, 5.41) is 0. The second-order valence-electron chi connectivity index (χ2n) is 4.95. The highest BCUT2D eigenvalue weighted by Crippen LogP contribution is 2.17. The van der Waals surface area contributed by atoms with Crippen molar-refractivity contribution in [3.8, 4) is 0 Å². The summed E-state index contributed by atoms with van der Waals surface area (Å²) in [6, 6.07) is 0. The van der Waals surface area contributed by atoms with Crippen LogP contribution in [0.1, 0.15) is 34.1 Å². The third-order valence-electron chi connectivity index (χ3n) is 2.13. The van der Waals surface area contributed by atoms with Gasteiger partial charge in [0.25, 0.3) is 0 Å². The number of amides is 1. The number of carbonyl (C=O) groups excluding carboxylic acids is 2. The zero-order valence-electron chi connectivity index (χ0n) is 10.3. The second-order valence-corrected chi connectivity index (χ2v) is 4.95. The highest BCUT2D eigenvalue weighted by molar-refractivity contribution is 5.69. The van der Waals surface area contributed by atoms with Crippen molar-refractivity contribution in [3.63, 3.8) is 0 Å². The Balaban J connectivity index is 2.41. The maximum atomic E-state index is 11.7. The number of likely N-dealkylation sites (tertiary alicyclic amines) is 1. The number of nitrogens with zero attached hydrogens (tertiary/aromatic N) is 1. The van der Waals surface area contributed by atoms with E-state index in [9.17, 15) is 9.59 Å². The van der Waals surface area contributed by atoms with Crippen LogP contribution in [0.3, 0.4) is 0 Å². The largest absolute Gasteiger partial charge is 0.461 e. The maximum absolute atomic E-state index is 11.7. The molecule has 16 heavy (non-hydrogen) atoms. The second kappa shape index (κ2) is 4.72. The van der Waals surface area contributed by atoms with Crippen molar-refractivity contribution >= 4 is 12.1 Å². The summed E-state index contributed by atoms with van der Waals surface area (Å²) in [7, 11) is 0. The van der Waals surface area contributed by atoms with Crippen molar-refractivity contribution in [2.24, 2.45) is 0 Å². The minimum Gasteiger partial charge on any atom is -0.461 e. The van der Waals surface area contributed by atoms with Gasteiger partial charge in [0.2, 0.25) is 0 Å². The van der Waals surface area contributed by atoms with Crippen LogP contribution in [0.2, 0.25) is 0 Å². The average molecular weight is 229 g/mol. The van der Waals surface area contributed by atoms with Crippen LogP contribution < -0.4 is 0 Å². The predicted octanol–water partition coefficient (Wildman–Crippen LogP) is 1.56. The number of rotatable bonds is 1. The molecule has 0 aliphatic carbocycles. The molecule has 5 nitrogen and oxygen atoms in total. The van der Waals surface area contributed by atoms with E-state index < -0.39 is 5.60 Å². The lowest BCUT2D eigenvalue weighted by Crippen LogP contribution is -2.36. The number of hydrogen-bond acceptors (Lipinski definition) is 4. The van der Waals surface area contributed by atoms with Gasteiger partial charge in [0.1, 0.15) is 11.7 Å². The summed E-state index contributed by atoms with van der Waals surface area (Å²) in [5.41, 5.74) is -0.489. The van der Waals surface area contributed by atoms with Crippen molar-refractivity contribution in [1.82, 2.24) is 4.90 Å². The monoisotopic (exact) mass is 229 g/mol. The van der Waals surface area contributed by atoms with Gasteiger partial charge in [0.05, 0.1) is 6.54 Å². The van der Waals surface area contributed by atoms with E-state index >= 15 is 0 Å². The van der Waals surface area contributed by atoms with E-state index in [2.05, 4.69) is 0 Å². The molecular formula is C11H19NO4. The highest BCUT2D eigenvalue weighted by atomic mass is 16.6. The summed E-state index contributed by atoms with van der Waals surface area (Å²) in [6.07, 6.45) is 0.144. The van der Waals surface area contributed by atoms with Gasteiger partial charge in [0.15, 0.2) is 0 Å². The smallest absolute Gasteiger partial charge is 0.410 e. The predicted molar refractivity (Wildman–Crippen MR) is 58.0 cm³/mol. The first kappa shape index (κ1) is 12.8. The lowest BCUT2D eigenvalue weighted by atomic mass is 10.2. The fourth-order valence-electron chi connectivity index (χ4n) is 1.55. The van der Waals surface area contributed by atoms with Crippen LogP contribution >= 0.6 is 0 Å². The Morgan fingerprint density at radius 3 is 2.44 bits per heavy atom. The minimum atomic E-state index is -0.489. The molecule has 1 aliphatic heterocycles. The fourth-order valence-corrected chi connectivity index (χ4v) is 1.55. The Labute approximate surface area is 95.7 Å². The third-order valence-corrected chi connectivity index (χ3v) is 2.13. The van der Waals surface area contributed by atoms with Crippen LogP contribution in [0, 0.1) is 0 Å². The maximum Gasteiger partial charge on any atom is 0.410 e. The van der Waals surface area contributed by atoms with Crippen molar-refractivity contribution < 1.29 is 19.1 Å². The zero-order valence-corrected chi connectivity index (χ0v) is 10.3. The molecule has 1 saturated heterocycles. The zero-order chi connectivity index (χ0) is 12.3. The molecule has 0 aromatic carbocycles. The van der Waals surface area contributed by atoms with Gasteiger partial charge in [-0.05, 0) is 20.8 Å². The van der Waals surface area contributed by atoms with Gasteiger partial charge >= 0.3 is 12.1 Å². The van der Waals surface area contributed by atoms with E-state index in [0.717, 1.165) is 0 Å². The van der Waals surface area contributed by atoms with E-state index in [1.807, 2.05) is 20.8 Å². The van der Waals surface area contributed by atoms with Crippen LogP contribution in [0.5, 0.6) is 0 Å². The molecular weight excluding hydrogens is 210 g/mol. The molecule has 0 bridgehead atoms. The molecule has 1 aliphatic rings. The topological polar surface area (TPSA) is 55.8 Å². The van der Waals surface area contributed by atoms with Crippen LogP contribution in [-0.2, 0) is 14.3 Å². The normalized spacial score (nSPS) is 20.8. The van der Waals surface area contributed by atoms with Crippen LogP contribution in [0.25, 0.3) is 0 Å². The summed E-state index contributed by atoms with van der Waals surface area (Å²) < 4.78 is 10.3. The molecule has 0 radical (unpaired) electrons. The van der Waals surface area contributed by atoms with Crippen LogP contribution in [0.15, 0.2) is 0 Å².